The van der Waals surface area contributed by atoms with E-state index in [9.17, 15) is 4.79 Å². The summed E-state index contributed by atoms with van der Waals surface area (Å²) in [5.74, 6) is 2.50. The van der Waals surface area contributed by atoms with Crippen molar-refractivity contribution < 1.29 is 28.2 Å². The molecule has 4 rings (SSSR count). The zero-order valence-electron chi connectivity index (χ0n) is 16.6. The molecule has 9 nitrogen and oxygen atoms in total. The number of fused-ring (bicyclic) bond motifs is 1. The lowest BCUT2D eigenvalue weighted by atomic mass is 10.1. The number of nitrogens with zero attached hydrogens (tertiary/aromatic N) is 2. The number of ether oxygens (including phenoxy) is 4. The van der Waals surface area contributed by atoms with Gasteiger partial charge >= 0.3 is 6.01 Å². The highest BCUT2D eigenvalue weighted by Gasteiger charge is 2.17. The normalized spacial score (nSPS) is 11.9. The Hall–Kier alpha value is -3.75. The van der Waals surface area contributed by atoms with E-state index >= 15 is 0 Å². The Kier molecular flexibility index (Phi) is 5.69. The molecule has 3 aromatic rings. The molecule has 0 radical (unpaired) electrons. The van der Waals surface area contributed by atoms with E-state index in [1.54, 1.807) is 30.3 Å². The molecule has 156 valence electrons. The summed E-state index contributed by atoms with van der Waals surface area (Å²) in [5.41, 5.74) is 1.44. The monoisotopic (exact) mass is 411 g/mol. The summed E-state index contributed by atoms with van der Waals surface area (Å²) in [6, 6.07) is 10.7. The van der Waals surface area contributed by atoms with Crippen LogP contribution in [0.5, 0.6) is 23.0 Å². The van der Waals surface area contributed by atoms with Crippen LogP contribution in [0.25, 0.3) is 11.5 Å². The van der Waals surface area contributed by atoms with Crippen LogP contribution in [0, 0.1) is 0 Å². The van der Waals surface area contributed by atoms with Crippen molar-refractivity contribution in [2.45, 2.75) is 20.3 Å². The first kappa shape index (κ1) is 19.6. The predicted octanol–water partition coefficient (Wildman–Crippen LogP) is 3.44. The Morgan fingerprint density at radius 2 is 1.80 bits per heavy atom. The third-order valence-corrected chi connectivity index (χ3v) is 4.26. The minimum Gasteiger partial charge on any atom is -0.490 e. The van der Waals surface area contributed by atoms with Gasteiger partial charge in [0.15, 0.2) is 23.0 Å². The minimum absolute atomic E-state index is 0.0163. The van der Waals surface area contributed by atoms with Crippen LogP contribution >= 0.6 is 0 Å². The van der Waals surface area contributed by atoms with E-state index in [0.29, 0.717) is 41.8 Å². The Bertz CT molecular complexity index is 1050. The molecule has 30 heavy (non-hydrogen) atoms. The quantitative estimate of drug-likeness (QED) is 0.601. The molecule has 0 unspecified atom stereocenters. The molecule has 1 aromatic heterocycles. The van der Waals surface area contributed by atoms with Crippen LogP contribution in [0.4, 0.5) is 6.01 Å². The smallest absolute Gasteiger partial charge is 0.322 e. The van der Waals surface area contributed by atoms with Gasteiger partial charge in [-0.05, 0) is 49.7 Å². The van der Waals surface area contributed by atoms with Gasteiger partial charge in [0.05, 0.1) is 19.6 Å². The number of carbonyl (C=O) groups is 1. The Morgan fingerprint density at radius 3 is 2.63 bits per heavy atom. The highest BCUT2D eigenvalue weighted by Crippen LogP contribution is 2.34. The standard InChI is InChI=1S/C21H21N3O6/c1-3-26-15-8-6-14(11-18(15)27-4-2)20-23-24-21(30-20)22-19(25)10-13-5-7-16-17(9-13)29-12-28-16/h5-9,11H,3-4,10,12H2,1-2H3,(H,22,24,25). The summed E-state index contributed by atoms with van der Waals surface area (Å²) in [4.78, 5) is 12.3. The van der Waals surface area contributed by atoms with Crippen molar-refractivity contribution in [2.24, 2.45) is 0 Å². The van der Waals surface area contributed by atoms with Crippen LogP contribution in [0.2, 0.25) is 0 Å². The average molecular weight is 411 g/mol. The first-order valence-electron chi connectivity index (χ1n) is 9.58. The van der Waals surface area contributed by atoms with Crippen molar-refractivity contribution in [1.29, 1.82) is 0 Å². The van der Waals surface area contributed by atoms with Crippen molar-refractivity contribution in [3.05, 3.63) is 42.0 Å². The van der Waals surface area contributed by atoms with Gasteiger partial charge in [-0.3, -0.25) is 10.1 Å². The van der Waals surface area contributed by atoms with E-state index in [2.05, 4.69) is 15.5 Å². The zero-order valence-corrected chi connectivity index (χ0v) is 16.6. The SMILES string of the molecule is CCOc1ccc(-c2nnc(NC(=O)Cc3ccc4c(c3)OCO4)o2)cc1OCC. The summed E-state index contributed by atoms with van der Waals surface area (Å²) < 4.78 is 27.4. The number of benzene rings is 2. The van der Waals surface area contributed by atoms with Gasteiger partial charge in [-0.2, -0.15) is 0 Å². The zero-order chi connectivity index (χ0) is 20.9. The summed E-state index contributed by atoms with van der Waals surface area (Å²) in [6.07, 6.45) is 0.131. The third kappa shape index (κ3) is 4.29. The minimum atomic E-state index is -0.286. The molecule has 0 atom stereocenters. The number of hydrogen-bond donors (Lipinski definition) is 1. The van der Waals surface area contributed by atoms with Crippen molar-refractivity contribution in [1.82, 2.24) is 10.2 Å². The Morgan fingerprint density at radius 1 is 1.00 bits per heavy atom. The van der Waals surface area contributed by atoms with E-state index in [1.165, 1.54) is 0 Å². The van der Waals surface area contributed by atoms with Crippen molar-refractivity contribution >= 4 is 11.9 Å². The first-order chi connectivity index (χ1) is 14.7. The van der Waals surface area contributed by atoms with Gasteiger partial charge in [-0.1, -0.05) is 11.2 Å². The number of nitrogens with one attached hydrogen (secondary N) is 1. The predicted molar refractivity (Wildman–Crippen MR) is 107 cm³/mol. The van der Waals surface area contributed by atoms with Crippen LogP contribution in [0.3, 0.4) is 0 Å². The number of carbonyl (C=O) groups excluding carboxylic acids is 1. The Labute approximate surface area is 172 Å². The van der Waals surface area contributed by atoms with Crippen molar-refractivity contribution in [2.75, 3.05) is 25.3 Å². The first-order valence-corrected chi connectivity index (χ1v) is 9.58. The number of anilines is 1. The molecular weight excluding hydrogens is 390 g/mol. The lowest BCUT2D eigenvalue weighted by molar-refractivity contribution is -0.115. The number of aromatic nitrogens is 2. The summed E-state index contributed by atoms with van der Waals surface area (Å²) in [7, 11) is 0. The average Bonchev–Trinajstić information content (AvgIpc) is 3.38. The highest BCUT2D eigenvalue weighted by molar-refractivity contribution is 5.90. The molecule has 1 aliphatic rings. The molecule has 0 saturated carbocycles. The van der Waals surface area contributed by atoms with Gasteiger partial charge in [0.2, 0.25) is 18.6 Å². The molecule has 0 bridgehead atoms. The van der Waals surface area contributed by atoms with Gasteiger partial charge in [0.25, 0.3) is 0 Å². The topological polar surface area (TPSA) is 105 Å². The maximum absolute atomic E-state index is 12.3. The number of rotatable bonds is 8. The van der Waals surface area contributed by atoms with Gasteiger partial charge in [0.1, 0.15) is 0 Å². The maximum Gasteiger partial charge on any atom is 0.322 e. The van der Waals surface area contributed by atoms with Gasteiger partial charge in [0, 0.05) is 5.56 Å². The molecule has 2 aromatic carbocycles. The second-order valence-electron chi connectivity index (χ2n) is 6.35. The summed E-state index contributed by atoms with van der Waals surface area (Å²) in [5, 5.41) is 10.5. The van der Waals surface area contributed by atoms with Gasteiger partial charge in [-0.15, -0.1) is 5.10 Å². The van der Waals surface area contributed by atoms with Crippen LogP contribution in [-0.2, 0) is 11.2 Å². The van der Waals surface area contributed by atoms with Crippen molar-refractivity contribution in [3.8, 4) is 34.5 Å². The fourth-order valence-corrected chi connectivity index (χ4v) is 2.97. The second kappa shape index (κ2) is 8.73. The Balaban J connectivity index is 1.43. The van der Waals surface area contributed by atoms with E-state index in [1.807, 2.05) is 19.9 Å². The molecule has 0 aliphatic carbocycles. The molecule has 1 amide bonds. The lowest BCUT2D eigenvalue weighted by Gasteiger charge is -2.11. The second-order valence-corrected chi connectivity index (χ2v) is 6.35. The van der Waals surface area contributed by atoms with Crippen LogP contribution in [-0.4, -0.2) is 36.1 Å². The summed E-state index contributed by atoms with van der Waals surface area (Å²) >= 11 is 0. The van der Waals surface area contributed by atoms with Gasteiger partial charge < -0.3 is 23.4 Å². The van der Waals surface area contributed by atoms with E-state index < -0.39 is 0 Å². The van der Waals surface area contributed by atoms with Crippen molar-refractivity contribution in [3.63, 3.8) is 0 Å². The molecule has 0 spiro atoms. The van der Waals surface area contributed by atoms with E-state index in [-0.39, 0.29) is 31.0 Å². The van der Waals surface area contributed by atoms with E-state index in [4.69, 9.17) is 23.4 Å². The van der Waals surface area contributed by atoms with Gasteiger partial charge in [-0.25, -0.2) is 0 Å². The largest absolute Gasteiger partial charge is 0.490 e. The van der Waals surface area contributed by atoms with Crippen LogP contribution in [0.1, 0.15) is 19.4 Å². The summed E-state index contributed by atoms with van der Waals surface area (Å²) in [6.45, 7) is 5.00. The fraction of sp³-hybridized carbons (Fsp3) is 0.286. The lowest BCUT2D eigenvalue weighted by Crippen LogP contribution is -2.14. The molecule has 0 fully saturated rings. The molecule has 0 saturated heterocycles. The molecule has 2 heterocycles. The number of amides is 1. The molecule has 9 heteroatoms. The molecule has 1 aliphatic heterocycles. The molecule has 1 N–H and O–H groups in total. The molecular formula is C21H21N3O6. The van der Waals surface area contributed by atoms with E-state index in [0.717, 1.165) is 5.56 Å². The maximum atomic E-state index is 12.3. The number of hydrogen-bond acceptors (Lipinski definition) is 8. The van der Waals surface area contributed by atoms with Crippen LogP contribution < -0.4 is 24.3 Å². The fourth-order valence-electron chi connectivity index (χ4n) is 2.97. The third-order valence-electron chi connectivity index (χ3n) is 4.26. The van der Waals surface area contributed by atoms with Crippen LogP contribution in [0.15, 0.2) is 40.8 Å². The highest BCUT2D eigenvalue weighted by atomic mass is 16.7.